The van der Waals surface area contributed by atoms with Crippen molar-refractivity contribution in [1.29, 1.82) is 0 Å². The van der Waals surface area contributed by atoms with Crippen molar-refractivity contribution in [3.05, 3.63) is 59.7 Å². The van der Waals surface area contributed by atoms with Crippen LogP contribution in [0.25, 0.3) is 0 Å². The van der Waals surface area contributed by atoms with Crippen LogP contribution >= 0.6 is 0 Å². The molecule has 0 radical (unpaired) electrons. The van der Waals surface area contributed by atoms with E-state index in [-0.39, 0.29) is 62.2 Å². The summed E-state index contributed by atoms with van der Waals surface area (Å²) in [6, 6.07) is 8.81. The number of benzene rings is 1. The minimum absolute atomic E-state index is 0.0168. The maximum absolute atomic E-state index is 14.0. The first-order chi connectivity index (χ1) is 19.9. The summed E-state index contributed by atoms with van der Waals surface area (Å²) in [7, 11) is 0. The number of likely N-dealkylation sites (tertiary alicyclic amines) is 1. The average molecular weight is 564 g/mol. The van der Waals surface area contributed by atoms with Gasteiger partial charge in [0.1, 0.15) is 5.41 Å². The second kappa shape index (κ2) is 10.9. The Morgan fingerprint density at radius 1 is 1.05 bits per heavy atom. The summed E-state index contributed by atoms with van der Waals surface area (Å²) in [5, 5.41) is 0. The summed E-state index contributed by atoms with van der Waals surface area (Å²) in [6.45, 7) is 3.86. The molecule has 0 bridgehead atoms. The van der Waals surface area contributed by atoms with Crippen LogP contribution in [0, 0.1) is 11.3 Å². The Hall–Kier alpha value is -4.28. The zero-order chi connectivity index (χ0) is 28.6. The maximum atomic E-state index is 14.0. The molecular weight excluding hydrogens is 530 g/mol. The van der Waals surface area contributed by atoms with Crippen LogP contribution < -0.4 is 9.47 Å². The molecule has 4 aliphatic rings. The first-order valence-corrected chi connectivity index (χ1v) is 14.1. The summed E-state index contributed by atoms with van der Waals surface area (Å²) in [5.41, 5.74) is 0.518. The van der Waals surface area contributed by atoms with Gasteiger partial charge in [-0.15, -0.1) is 0 Å². The fraction of sp³-hybridized carbons (Fsp3) is 0.467. The Bertz CT molecular complexity index is 1380. The molecule has 0 saturated carbocycles. The minimum atomic E-state index is -0.973. The van der Waals surface area contributed by atoms with Crippen molar-refractivity contribution in [3.8, 4) is 11.5 Å². The highest BCUT2D eigenvalue weighted by atomic mass is 16.7. The highest BCUT2D eigenvalue weighted by Crippen LogP contribution is 2.52. The molecule has 1 aromatic heterocycles. The lowest BCUT2D eigenvalue weighted by Gasteiger charge is -2.44. The number of piperazine rings is 1. The number of nitrogens with zero attached hydrogens (tertiary/aromatic N) is 3. The van der Waals surface area contributed by atoms with Crippen molar-refractivity contribution in [2.45, 2.75) is 39.2 Å². The number of carbonyl (C=O) groups excluding carboxylic acids is 4. The number of carbonyl (C=O) groups is 4. The van der Waals surface area contributed by atoms with Crippen molar-refractivity contribution in [3.63, 3.8) is 0 Å². The van der Waals surface area contributed by atoms with E-state index in [4.69, 9.17) is 18.6 Å². The van der Waals surface area contributed by atoms with E-state index < -0.39 is 11.3 Å². The van der Waals surface area contributed by atoms with Crippen molar-refractivity contribution in [2.75, 3.05) is 39.6 Å². The van der Waals surface area contributed by atoms with Crippen molar-refractivity contribution >= 4 is 23.7 Å². The molecule has 0 unspecified atom stereocenters. The van der Waals surface area contributed by atoms with Crippen LogP contribution in [0.2, 0.25) is 0 Å². The number of esters is 1. The molecule has 2 aromatic rings. The Morgan fingerprint density at radius 3 is 2.59 bits per heavy atom. The van der Waals surface area contributed by atoms with Gasteiger partial charge in [0.15, 0.2) is 17.3 Å². The smallest absolute Gasteiger partial charge is 0.318 e. The van der Waals surface area contributed by atoms with Gasteiger partial charge in [-0.1, -0.05) is 12.1 Å². The second-order valence-electron chi connectivity index (χ2n) is 10.8. The fourth-order valence-electron chi connectivity index (χ4n) is 6.36. The molecule has 4 heterocycles. The van der Waals surface area contributed by atoms with E-state index in [1.165, 1.54) is 6.26 Å². The molecule has 11 heteroatoms. The number of rotatable bonds is 7. The van der Waals surface area contributed by atoms with E-state index in [0.717, 1.165) is 5.56 Å². The lowest BCUT2D eigenvalue weighted by molar-refractivity contribution is -0.161. The lowest BCUT2D eigenvalue weighted by atomic mass is 9.71. The summed E-state index contributed by atoms with van der Waals surface area (Å²) in [5.74, 6) is -0.0648. The largest absolute Gasteiger partial charge is 0.465 e. The molecule has 2 fully saturated rings. The zero-order valence-corrected chi connectivity index (χ0v) is 23.0. The summed E-state index contributed by atoms with van der Waals surface area (Å²) >= 11 is 0. The van der Waals surface area contributed by atoms with E-state index in [9.17, 15) is 19.2 Å². The molecule has 11 nitrogen and oxygen atoms in total. The topological polar surface area (TPSA) is 119 Å². The molecule has 216 valence electrons. The Kier molecular flexibility index (Phi) is 7.19. The SMILES string of the molecule is CCOC(=O)[C@]12CCC=C1N(Cc1ccc3c(c1)OCO3)C(=O)[C@H](CC(=O)N1CCN(C(=O)c3ccco3)CC1)C2. The molecule has 41 heavy (non-hydrogen) atoms. The van der Waals surface area contributed by atoms with Crippen molar-refractivity contribution in [1.82, 2.24) is 14.7 Å². The van der Waals surface area contributed by atoms with Gasteiger partial charge in [-0.05, 0) is 56.0 Å². The number of amides is 3. The third-order valence-corrected chi connectivity index (χ3v) is 8.42. The molecule has 1 aromatic carbocycles. The predicted molar refractivity (Wildman–Crippen MR) is 143 cm³/mol. The van der Waals surface area contributed by atoms with Crippen LogP contribution in [0.15, 0.2) is 52.8 Å². The van der Waals surface area contributed by atoms with E-state index in [0.29, 0.717) is 56.2 Å². The molecule has 3 aliphatic heterocycles. The van der Waals surface area contributed by atoms with Gasteiger partial charge in [-0.2, -0.15) is 0 Å². The highest BCUT2D eigenvalue weighted by Gasteiger charge is 2.55. The third kappa shape index (κ3) is 4.93. The summed E-state index contributed by atoms with van der Waals surface area (Å²) < 4.78 is 21.7. The minimum Gasteiger partial charge on any atom is -0.465 e. The monoisotopic (exact) mass is 563 g/mol. The van der Waals surface area contributed by atoms with Gasteiger partial charge in [0.25, 0.3) is 5.91 Å². The van der Waals surface area contributed by atoms with Crippen molar-refractivity contribution in [2.24, 2.45) is 11.3 Å². The van der Waals surface area contributed by atoms with Crippen molar-refractivity contribution < 1.29 is 37.8 Å². The van der Waals surface area contributed by atoms with Crippen LogP contribution in [-0.2, 0) is 25.7 Å². The molecule has 2 saturated heterocycles. The molecule has 1 aliphatic carbocycles. The number of piperidine rings is 1. The van der Waals surface area contributed by atoms with Gasteiger partial charge >= 0.3 is 5.97 Å². The Labute approximate surface area is 237 Å². The first-order valence-electron chi connectivity index (χ1n) is 14.1. The number of hydrogen-bond acceptors (Lipinski definition) is 8. The summed E-state index contributed by atoms with van der Waals surface area (Å²) in [6.07, 6.45) is 4.80. The normalized spacial score (nSPS) is 23.3. The number of fused-ring (bicyclic) bond motifs is 2. The molecule has 0 N–H and O–H groups in total. The summed E-state index contributed by atoms with van der Waals surface area (Å²) in [4.78, 5) is 58.5. The molecule has 2 atom stereocenters. The predicted octanol–water partition coefficient (Wildman–Crippen LogP) is 2.96. The number of furan rings is 1. The van der Waals surface area contributed by atoms with Gasteiger partial charge in [-0.25, -0.2) is 0 Å². The zero-order valence-electron chi connectivity index (χ0n) is 23.0. The van der Waals surface area contributed by atoms with E-state index in [1.807, 2.05) is 24.3 Å². The van der Waals surface area contributed by atoms with Crippen LogP contribution in [0.1, 0.15) is 48.7 Å². The lowest BCUT2D eigenvalue weighted by Crippen LogP contribution is -2.54. The van der Waals surface area contributed by atoms with Gasteiger partial charge < -0.3 is 33.3 Å². The van der Waals surface area contributed by atoms with Gasteiger partial charge in [0.05, 0.1) is 19.4 Å². The fourth-order valence-corrected chi connectivity index (χ4v) is 6.36. The van der Waals surface area contributed by atoms with Crippen LogP contribution in [0.3, 0.4) is 0 Å². The third-order valence-electron chi connectivity index (χ3n) is 8.42. The van der Waals surface area contributed by atoms with Crippen LogP contribution in [-0.4, -0.2) is 78.0 Å². The van der Waals surface area contributed by atoms with Gasteiger partial charge in [0.2, 0.25) is 18.6 Å². The number of allylic oxidation sites excluding steroid dienone is 1. The average Bonchev–Trinajstić information content (AvgIpc) is 3.76. The first kappa shape index (κ1) is 26.9. The van der Waals surface area contributed by atoms with E-state index in [2.05, 4.69) is 0 Å². The highest BCUT2D eigenvalue weighted by molar-refractivity contribution is 5.93. The number of ether oxygens (including phenoxy) is 3. The Balaban J connectivity index is 1.19. The molecular formula is C30H33N3O8. The number of hydrogen-bond donors (Lipinski definition) is 0. The Morgan fingerprint density at radius 2 is 1.83 bits per heavy atom. The van der Waals surface area contributed by atoms with E-state index >= 15 is 0 Å². The second-order valence-corrected chi connectivity index (χ2v) is 10.8. The quantitative estimate of drug-likeness (QED) is 0.472. The van der Waals surface area contributed by atoms with Gasteiger partial charge in [-0.3, -0.25) is 19.2 Å². The maximum Gasteiger partial charge on any atom is 0.318 e. The molecule has 3 amide bonds. The molecule has 6 rings (SSSR count). The standard InChI is InChI=1S/C30H33N3O8/c1-2-38-29(37)30-9-3-6-25(30)33(18-20-7-8-22-24(15-20)41-19-40-22)27(35)21(17-30)16-26(34)31-10-12-32(13-11-31)28(36)23-5-4-14-39-23/h4-8,14-15,21H,2-3,9-13,16-19H2,1H3/t21-,30+/m1/s1. The van der Waals surface area contributed by atoms with E-state index in [1.54, 1.807) is 33.8 Å². The van der Waals surface area contributed by atoms with Gasteiger partial charge in [0, 0.05) is 44.2 Å². The van der Waals surface area contributed by atoms with Crippen LogP contribution in [0.4, 0.5) is 0 Å². The van der Waals surface area contributed by atoms with Crippen LogP contribution in [0.5, 0.6) is 11.5 Å². The molecule has 0 spiro atoms.